The predicted octanol–water partition coefficient (Wildman–Crippen LogP) is -4.33. The first-order valence-corrected chi connectivity index (χ1v) is 26.9. The van der Waals surface area contributed by atoms with Crippen LogP contribution in [0.3, 0.4) is 0 Å². The molecule has 4 saturated carbocycles. The summed E-state index contributed by atoms with van der Waals surface area (Å²) < 4.78 is 60.5. The summed E-state index contributed by atoms with van der Waals surface area (Å²) in [4.78, 5) is 0. The first-order chi connectivity index (χ1) is 35.1. The van der Waals surface area contributed by atoms with E-state index in [1.54, 1.807) is 0 Å². The van der Waals surface area contributed by atoms with Gasteiger partial charge in [0.1, 0.15) is 91.6 Å². The first-order valence-electron chi connectivity index (χ1n) is 26.9. The molecule has 24 heteroatoms. The molecule has 426 valence electrons. The molecule has 10 aliphatic rings. The fraction of sp³-hybridized carbons (Fsp3) is 1.00. The molecule has 10 rings (SSSR count). The SMILES string of the molecule is CC1CCC2(OC1)OC1CC3C4CC(O)C5CC(OC6OC(CO)C(OC7OC(CO)C(OC8OCC(O)C(O)C8O)C(O)C7OC7OC(CO)C(O)C(O)C7O)C(O)C6O)C(O)CC5(C)C4CCC3(C)C1C2C. The zero-order chi connectivity index (χ0) is 53.1. The minimum absolute atomic E-state index is 0.00735. The van der Waals surface area contributed by atoms with Gasteiger partial charge in [-0.2, -0.15) is 0 Å². The van der Waals surface area contributed by atoms with Gasteiger partial charge in [-0.1, -0.05) is 27.7 Å². The van der Waals surface area contributed by atoms with Crippen molar-refractivity contribution in [3.05, 3.63) is 0 Å². The smallest absolute Gasteiger partial charge is 0.187 e. The number of hydrogen-bond donors (Lipinski definition) is 14. The van der Waals surface area contributed by atoms with Gasteiger partial charge in [0.2, 0.25) is 0 Å². The van der Waals surface area contributed by atoms with E-state index in [1.807, 2.05) is 0 Å². The van der Waals surface area contributed by atoms with Crippen LogP contribution in [0.1, 0.15) is 79.1 Å². The second kappa shape index (κ2) is 21.5. The van der Waals surface area contributed by atoms with Gasteiger partial charge in [0.05, 0.1) is 57.5 Å². The Morgan fingerprint density at radius 2 is 1.11 bits per heavy atom. The van der Waals surface area contributed by atoms with Gasteiger partial charge in [-0.3, -0.25) is 0 Å². The minimum atomic E-state index is -2.03. The van der Waals surface area contributed by atoms with E-state index in [0.29, 0.717) is 37.2 Å². The molecule has 0 aromatic carbocycles. The monoisotopic (exact) mass is 1070 g/mol. The normalized spacial score (nSPS) is 58.6. The van der Waals surface area contributed by atoms with E-state index in [4.69, 9.17) is 47.4 Å². The van der Waals surface area contributed by atoms with Crippen LogP contribution in [0.2, 0.25) is 0 Å². The second-order valence-electron chi connectivity index (χ2n) is 24.2. The Balaban J connectivity index is 0.822. The van der Waals surface area contributed by atoms with Crippen molar-refractivity contribution in [2.24, 2.45) is 52.3 Å². The van der Waals surface area contributed by atoms with Crippen molar-refractivity contribution in [1.29, 1.82) is 0 Å². The largest absolute Gasteiger partial charge is 0.394 e. The van der Waals surface area contributed by atoms with Gasteiger partial charge in [0.25, 0.3) is 0 Å². The van der Waals surface area contributed by atoms with Crippen LogP contribution < -0.4 is 0 Å². The minimum Gasteiger partial charge on any atom is -0.394 e. The molecule has 1 spiro atoms. The molecule has 33 unspecified atom stereocenters. The van der Waals surface area contributed by atoms with Gasteiger partial charge < -0.3 is 119 Å². The molecule has 4 aliphatic carbocycles. The van der Waals surface area contributed by atoms with E-state index in [1.165, 1.54) is 0 Å². The molecule has 0 amide bonds. The zero-order valence-electron chi connectivity index (χ0n) is 42.4. The maximum atomic E-state index is 12.1. The van der Waals surface area contributed by atoms with Crippen molar-refractivity contribution in [2.45, 2.75) is 226 Å². The molecule has 6 aliphatic heterocycles. The number of ether oxygens (including phenoxy) is 10. The van der Waals surface area contributed by atoms with Crippen molar-refractivity contribution >= 4 is 0 Å². The molecule has 74 heavy (non-hydrogen) atoms. The van der Waals surface area contributed by atoms with Gasteiger partial charge >= 0.3 is 0 Å². The third-order valence-electron chi connectivity index (χ3n) is 20.0. The van der Waals surface area contributed by atoms with Gasteiger partial charge in [0, 0.05) is 12.3 Å². The zero-order valence-corrected chi connectivity index (χ0v) is 42.4. The second-order valence-corrected chi connectivity index (χ2v) is 24.2. The van der Waals surface area contributed by atoms with Crippen LogP contribution in [0.4, 0.5) is 0 Å². The molecular weight excluding hydrogens is 985 g/mol. The Kier molecular flexibility index (Phi) is 16.4. The average molecular weight is 1070 g/mol. The van der Waals surface area contributed by atoms with E-state index in [-0.39, 0.29) is 41.6 Å². The quantitative estimate of drug-likeness (QED) is 0.0870. The van der Waals surface area contributed by atoms with E-state index in [9.17, 15) is 71.5 Å². The highest BCUT2D eigenvalue weighted by Gasteiger charge is 2.70. The summed E-state index contributed by atoms with van der Waals surface area (Å²) in [6, 6.07) is 0. The van der Waals surface area contributed by atoms with Crippen molar-refractivity contribution in [3.63, 3.8) is 0 Å². The molecule has 6 saturated heterocycles. The summed E-state index contributed by atoms with van der Waals surface area (Å²) in [5.41, 5.74) is -0.454. The Morgan fingerprint density at radius 1 is 0.500 bits per heavy atom. The van der Waals surface area contributed by atoms with Gasteiger partial charge in [-0.15, -0.1) is 0 Å². The molecule has 0 aromatic rings. The maximum absolute atomic E-state index is 12.1. The fourth-order valence-electron chi connectivity index (χ4n) is 16.0. The number of hydrogen-bond acceptors (Lipinski definition) is 24. The van der Waals surface area contributed by atoms with Crippen molar-refractivity contribution in [3.8, 4) is 0 Å². The summed E-state index contributed by atoms with van der Waals surface area (Å²) in [5.74, 6) is 1.01. The third-order valence-corrected chi connectivity index (χ3v) is 20.0. The molecule has 0 aromatic heterocycles. The van der Waals surface area contributed by atoms with Gasteiger partial charge in [-0.05, 0) is 91.3 Å². The predicted molar refractivity (Wildman–Crippen MR) is 245 cm³/mol. The summed E-state index contributed by atoms with van der Waals surface area (Å²) in [7, 11) is 0. The lowest BCUT2D eigenvalue weighted by molar-refractivity contribution is -0.401. The van der Waals surface area contributed by atoms with Crippen LogP contribution in [-0.4, -0.2) is 251 Å². The number of rotatable bonds is 11. The Hall–Kier alpha value is -0.960. The van der Waals surface area contributed by atoms with E-state index in [2.05, 4.69) is 27.7 Å². The van der Waals surface area contributed by atoms with Crippen LogP contribution in [0, 0.1) is 52.3 Å². The van der Waals surface area contributed by atoms with Crippen LogP contribution in [0.15, 0.2) is 0 Å². The standard InChI is InChI=1S/C50H82O24/c1-18-5-8-50(66-16-18)19(2)32-28(74-50)10-22-20-9-24(54)23-11-27(25(55)12-49(23,4)21(20)6-7-48(22,32)3)67-45-39(63)36(60)41(30(14-52)69-45)72-47-43(73-46-38(62)35(59)34(58)29(13-51)68-46)40(64)42(31(15-53)70-47)71-44-37(61)33(57)26(56)17-65-44/h18-47,51-64H,5-17H2,1-4H3. The van der Waals surface area contributed by atoms with E-state index in [0.717, 1.165) is 32.1 Å². The Morgan fingerprint density at radius 3 is 1.78 bits per heavy atom. The summed E-state index contributed by atoms with van der Waals surface area (Å²) >= 11 is 0. The Bertz CT molecular complexity index is 1900. The van der Waals surface area contributed by atoms with E-state index < -0.39 is 173 Å². The molecule has 10 fully saturated rings. The number of aliphatic hydroxyl groups excluding tert-OH is 14. The van der Waals surface area contributed by atoms with Crippen molar-refractivity contribution in [1.82, 2.24) is 0 Å². The lowest BCUT2D eigenvalue weighted by Crippen LogP contribution is -2.68. The van der Waals surface area contributed by atoms with Crippen LogP contribution >= 0.6 is 0 Å². The molecular formula is C50H82O24. The van der Waals surface area contributed by atoms with E-state index >= 15 is 0 Å². The number of fused-ring (bicyclic) bond motifs is 7. The molecule has 0 radical (unpaired) electrons. The summed E-state index contributed by atoms with van der Waals surface area (Å²) in [6.45, 7) is 6.66. The topological polar surface area (TPSA) is 376 Å². The lowest BCUT2D eigenvalue weighted by Gasteiger charge is -2.63. The van der Waals surface area contributed by atoms with Gasteiger partial charge in [-0.25, -0.2) is 0 Å². The fourth-order valence-corrected chi connectivity index (χ4v) is 16.0. The molecule has 33 atom stereocenters. The van der Waals surface area contributed by atoms with Gasteiger partial charge in [0.15, 0.2) is 30.9 Å². The molecule has 24 nitrogen and oxygen atoms in total. The van der Waals surface area contributed by atoms with Crippen molar-refractivity contribution in [2.75, 3.05) is 33.0 Å². The Labute approximate surface area is 429 Å². The lowest BCUT2D eigenvalue weighted by atomic mass is 9.43. The number of aliphatic hydroxyl groups is 14. The molecule has 6 heterocycles. The summed E-state index contributed by atoms with van der Waals surface area (Å²) in [5, 5.41) is 153. The van der Waals surface area contributed by atoms with Crippen LogP contribution in [0.25, 0.3) is 0 Å². The third kappa shape index (κ3) is 9.45. The first kappa shape index (κ1) is 56.3. The summed E-state index contributed by atoms with van der Waals surface area (Å²) in [6.07, 6.45) is -30.8. The van der Waals surface area contributed by atoms with Crippen LogP contribution in [0.5, 0.6) is 0 Å². The highest BCUT2D eigenvalue weighted by Crippen LogP contribution is 2.71. The van der Waals surface area contributed by atoms with Crippen molar-refractivity contribution < 1.29 is 119 Å². The molecule has 0 bridgehead atoms. The molecule has 14 N–H and O–H groups in total. The average Bonchev–Trinajstić information content (AvgIpc) is 3.82. The highest BCUT2D eigenvalue weighted by atomic mass is 16.8. The highest BCUT2D eigenvalue weighted by molar-refractivity contribution is 5.17. The maximum Gasteiger partial charge on any atom is 0.187 e. The van der Waals surface area contributed by atoms with Crippen LogP contribution in [-0.2, 0) is 47.4 Å².